The van der Waals surface area contributed by atoms with E-state index in [0.29, 0.717) is 0 Å². The van der Waals surface area contributed by atoms with Gasteiger partial charge in [-0.2, -0.15) is 0 Å². The van der Waals surface area contributed by atoms with Crippen molar-refractivity contribution in [1.29, 1.82) is 0 Å². The molecule has 0 saturated carbocycles. The molecule has 0 spiro atoms. The molecule has 0 fully saturated rings. The Labute approximate surface area is 43.2 Å². The van der Waals surface area contributed by atoms with E-state index in [-0.39, 0.29) is 0 Å². The summed E-state index contributed by atoms with van der Waals surface area (Å²) in [5.41, 5.74) is 0. The summed E-state index contributed by atoms with van der Waals surface area (Å²) in [6.07, 6.45) is 2.73. The van der Waals surface area contributed by atoms with Crippen LogP contribution in [0.25, 0.3) is 0 Å². The molecule has 0 aromatic rings. The minimum atomic E-state index is 1.34. The Morgan fingerprint density at radius 2 is 2.20 bits per heavy atom. The first kappa shape index (κ1) is 5.60. The maximum atomic E-state index is 2.21. The first-order valence-electron chi connectivity index (χ1n) is 2.41. The maximum absolute atomic E-state index is 2.21. The average Bonchev–Trinajstić information content (AvgIpc) is 1.41. The number of rotatable bonds is 2. The van der Waals surface area contributed by atoms with Crippen molar-refractivity contribution >= 4 is 17.7 Å². The van der Waals surface area contributed by atoms with Gasteiger partial charge < -0.3 is 0 Å². The van der Waals surface area contributed by atoms with Gasteiger partial charge in [-0.25, -0.2) is 0 Å². The molecule has 0 atom stereocenters. The molecule has 0 aromatic carbocycles. The summed E-state index contributed by atoms with van der Waals surface area (Å²) in [5, 5.41) is 1.34. The van der Waals surface area contributed by atoms with Crippen molar-refractivity contribution in [3.05, 3.63) is 0 Å². The van der Waals surface area contributed by atoms with Gasteiger partial charge in [0.2, 0.25) is 0 Å². The molecule has 0 nitrogen and oxygen atoms in total. The molecule has 1 heteroatoms. The van der Waals surface area contributed by atoms with Crippen LogP contribution < -0.4 is 0 Å². The first-order valence-corrected chi connectivity index (χ1v) is 2.41. The SMILES string of the molecule is [150Li][CH2]CCC. The molecule has 0 rings (SSSR count). The molecule has 0 bridgehead atoms. The molecule has 0 unspecified atom stereocenters. The van der Waals surface area contributed by atoms with Crippen LogP contribution in [0.15, 0.2) is 0 Å². The van der Waals surface area contributed by atoms with E-state index in [0.717, 1.165) is 0 Å². The van der Waals surface area contributed by atoms with E-state index >= 15 is 0 Å². The molecular weight excluding hydrogens is 198 g/mol. The first-order chi connectivity index (χ1) is 2.41. The van der Waals surface area contributed by atoms with Crippen LogP contribution in [0.3, 0.4) is 0 Å². The summed E-state index contributed by atoms with van der Waals surface area (Å²) in [6.45, 7) is 2.21. The Kier molecular flexibility index (Phi) is 5.15. The quantitative estimate of drug-likeness (QED) is 0.600. The second-order valence-corrected chi connectivity index (χ2v) is 1.35. The zero-order valence-corrected chi connectivity index (χ0v) is 4.12. The zero-order chi connectivity index (χ0) is 4.12. The monoisotopic (exact) mass is 207 g/mol. The van der Waals surface area contributed by atoms with Gasteiger partial charge in [-0.3, -0.25) is 0 Å². The fraction of sp³-hybridized carbons (Fsp3) is 1.00. The van der Waals surface area contributed by atoms with Crippen molar-refractivity contribution in [2.45, 2.75) is 24.9 Å². The number of hydrogen-bond acceptors (Lipinski definition) is 0. The van der Waals surface area contributed by atoms with Crippen molar-refractivity contribution in [3.8, 4) is 0 Å². The summed E-state index contributed by atoms with van der Waals surface area (Å²) in [5.74, 6) is 0. The zero-order valence-electron chi connectivity index (χ0n) is 4.12. The molecule has 0 radical (unpaired) electrons. The fourth-order valence-corrected chi connectivity index (χ4v) is 0.354. The molecule has 0 saturated heterocycles. The molecule has 0 N–H and O–H groups in total. The van der Waals surface area contributed by atoms with Gasteiger partial charge in [-0.1, -0.05) is 0 Å². The van der Waals surface area contributed by atoms with Crippen molar-refractivity contribution < 1.29 is 0 Å². The summed E-state index contributed by atoms with van der Waals surface area (Å²) in [4.78, 5) is 0. The van der Waals surface area contributed by atoms with Gasteiger partial charge in [0.15, 0.2) is 0 Å². The second kappa shape index (κ2) is 4.60. The average molecular weight is 207 g/mol. The summed E-state index contributed by atoms with van der Waals surface area (Å²) in [6, 6.07) is 0. The third-order valence-corrected chi connectivity index (χ3v) is 0.707. The van der Waals surface area contributed by atoms with E-state index in [1.807, 2.05) is 0 Å². The van der Waals surface area contributed by atoms with Gasteiger partial charge in [0.1, 0.15) is 0 Å². The topological polar surface area (TPSA) is 0 Å². The van der Waals surface area contributed by atoms with E-state index in [4.69, 9.17) is 0 Å². The predicted molar refractivity (Wildman–Crippen MR) is 25.5 cm³/mol. The van der Waals surface area contributed by atoms with Crippen molar-refractivity contribution in [1.82, 2.24) is 0 Å². The molecule has 0 aliphatic carbocycles. The molecular formula is C4H9Li. The van der Waals surface area contributed by atoms with Crippen LogP contribution in [0.2, 0.25) is 5.09 Å². The third-order valence-electron chi connectivity index (χ3n) is 0.707. The van der Waals surface area contributed by atoms with E-state index in [9.17, 15) is 0 Å². The standard InChI is InChI=1S/C4H9.Li/c1-3-4-2;/h1,3-4H2,2H3;/i;1-103. The van der Waals surface area contributed by atoms with Gasteiger partial charge in [-0.15, -0.1) is 0 Å². The Balaban J connectivity index is 2.19. The molecule has 26 valence electrons. The van der Waals surface area contributed by atoms with Crippen molar-refractivity contribution in [2.75, 3.05) is 0 Å². The summed E-state index contributed by atoms with van der Waals surface area (Å²) >= 11 is 2.21. The molecule has 0 aliphatic rings. The van der Waals surface area contributed by atoms with Crippen LogP contribution in [0.1, 0.15) is 19.8 Å². The van der Waals surface area contributed by atoms with Crippen LogP contribution in [0, 0.1) is 0 Å². The van der Waals surface area contributed by atoms with Gasteiger partial charge in [0, 0.05) is 0 Å². The molecule has 0 heterocycles. The van der Waals surface area contributed by atoms with E-state index in [1.165, 1.54) is 17.9 Å². The van der Waals surface area contributed by atoms with Crippen LogP contribution in [-0.4, -0.2) is 17.7 Å². The number of unbranched alkanes of at least 4 members (excludes halogenated alkanes) is 1. The Morgan fingerprint density at radius 3 is 2.20 bits per heavy atom. The van der Waals surface area contributed by atoms with Crippen LogP contribution in [-0.2, 0) is 0 Å². The second-order valence-electron chi connectivity index (χ2n) is 1.35. The van der Waals surface area contributed by atoms with Crippen LogP contribution in [0.5, 0.6) is 0 Å². The normalized spacial score (nSPS) is 8.60. The Bertz CT molecular complexity index is 11.1. The van der Waals surface area contributed by atoms with E-state index in [1.54, 1.807) is 0 Å². The van der Waals surface area contributed by atoms with Crippen LogP contribution >= 0.6 is 0 Å². The predicted octanol–water partition coefficient (Wildman–Crippen LogP) is 1.37. The van der Waals surface area contributed by atoms with Crippen molar-refractivity contribution in [3.63, 3.8) is 0 Å². The van der Waals surface area contributed by atoms with E-state index in [2.05, 4.69) is 24.6 Å². The van der Waals surface area contributed by atoms with Gasteiger partial charge in [0.25, 0.3) is 0 Å². The van der Waals surface area contributed by atoms with E-state index < -0.39 is 0 Å². The van der Waals surface area contributed by atoms with Gasteiger partial charge >= 0.3 is 42.6 Å². The molecule has 5 heavy (non-hydrogen) atoms. The van der Waals surface area contributed by atoms with Gasteiger partial charge in [-0.05, 0) is 0 Å². The summed E-state index contributed by atoms with van der Waals surface area (Å²) < 4.78 is 0. The molecule has 0 aliphatic heterocycles. The van der Waals surface area contributed by atoms with Gasteiger partial charge in [0.05, 0.1) is 0 Å². The van der Waals surface area contributed by atoms with Crippen molar-refractivity contribution in [2.24, 2.45) is 0 Å². The number of hydrogen-bond donors (Lipinski definition) is 0. The Hall–Kier alpha value is 0.597. The molecule has 0 aromatic heterocycles. The summed E-state index contributed by atoms with van der Waals surface area (Å²) in [7, 11) is 0. The minimum absolute atomic E-state index is 1.34. The van der Waals surface area contributed by atoms with Crippen LogP contribution in [0.4, 0.5) is 0 Å². The fourth-order valence-electron chi connectivity index (χ4n) is 0.354. The Morgan fingerprint density at radius 1 is 1.60 bits per heavy atom. The molecule has 0 amide bonds. The third kappa shape index (κ3) is 4.60.